The lowest BCUT2D eigenvalue weighted by molar-refractivity contribution is 0.153. The molecule has 0 aromatic carbocycles. The molecular weight excluding hydrogens is 268 g/mol. The van der Waals surface area contributed by atoms with Crippen molar-refractivity contribution in [1.29, 1.82) is 0 Å². The average Bonchev–Trinajstić information content (AvgIpc) is 2.95. The van der Waals surface area contributed by atoms with E-state index in [9.17, 15) is 9.90 Å². The van der Waals surface area contributed by atoms with Crippen molar-refractivity contribution >= 4 is 6.03 Å². The minimum atomic E-state index is -0.0997. The van der Waals surface area contributed by atoms with E-state index in [4.69, 9.17) is 0 Å². The number of aliphatic hydroxyl groups is 1. The van der Waals surface area contributed by atoms with Crippen molar-refractivity contribution in [1.82, 2.24) is 20.8 Å². The number of aryl methyl sites for hydroxylation is 1. The molecule has 6 heteroatoms. The first-order chi connectivity index (χ1) is 10.3. The van der Waals surface area contributed by atoms with Gasteiger partial charge in [0.1, 0.15) is 0 Å². The van der Waals surface area contributed by atoms with Crippen LogP contribution in [0.4, 0.5) is 4.79 Å². The molecule has 6 nitrogen and oxygen atoms in total. The summed E-state index contributed by atoms with van der Waals surface area (Å²) in [5, 5.41) is 22.6. The number of aliphatic hydroxyl groups excluding tert-OH is 1. The van der Waals surface area contributed by atoms with Crippen molar-refractivity contribution < 1.29 is 9.90 Å². The van der Waals surface area contributed by atoms with Gasteiger partial charge in [-0.25, -0.2) is 4.79 Å². The molecular formula is C15H24N4O2. The van der Waals surface area contributed by atoms with E-state index in [1.165, 1.54) is 11.3 Å². The Labute approximate surface area is 124 Å². The van der Waals surface area contributed by atoms with Gasteiger partial charge < -0.3 is 15.7 Å². The highest BCUT2D eigenvalue weighted by Crippen LogP contribution is 2.24. The summed E-state index contributed by atoms with van der Waals surface area (Å²) in [5.74, 6) is 0.205. The van der Waals surface area contributed by atoms with Crippen LogP contribution in [0.3, 0.4) is 0 Å². The van der Waals surface area contributed by atoms with E-state index in [1.807, 2.05) is 6.20 Å². The Balaban J connectivity index is 1.50. The van der Waals surface area contributed by atoms with Crippen molar-refractivity contribution in [2.75, 3.05) is 6.61 Å². The van der Waals surface area contributed by atoms with Gasteiger partial charge >= 0.3 is 6.03 Å². The largest absolute Gasteiger partial charge is 0.396 e. The molecule has 4 N–H and O–H groups in total. The van der Waals surface area contributed by atoms with Crippen LogP contribution in [-0.4, -0.2) is 40.0 Å². The summed E-state index contributed by atoms with van der Waals surface area (Å²) in [6, 6.07) is 0.181. The molecule has 0 saturated heterocycles. The molecule has 3 unspecified atom stereocenters. The number of hydrogen-bond acceptors (Lipinski definition) is 3. The fourth-order valence-electron chi connectivity index (χ4n) is 3.55. The summed E-state index contributed by atoms with van der Waals surface area (Å²) in [6.07, 6.45) is 8.82. The lowest BCUT2D eigenvalue weighted by atomic mass is 9.85. The zero-order valence-electron chi connectivity index (χ0n) is 12.3. The number of fused-ring (bicyclic) bond motifs is 1. The Morgan fingerprint density at radius 3 is 3.05 bits per heavy atom. The topological polar surface area (TPSA) is 90.0 Å². The number of aromatic nitrogens is 2. The predicted molar refractivity (Wildman–Crippen MR) is 78.9 cm³/mol. The highest BCUT2D eigenvalue weighted by molar-refractivity contribution is 5.74. The maximum absolute atomic E-state index is 12.2. The summed E-state index contributed by atoms with van der Waals surface area (Å²) < 4.78 is 0. The van der Waals surface area contributed by atoms with Crippen molar-refractivity contribution in [3.63, 3.8) is 0 Å². The van der Waals surface area contributed by atoms with Crippen molar-refractivity contribution in [2.45, 2.75) is 57.0 Å². The molecule has 1 heterocycles. The second kappa shape index (κ2) is 6.47. The number of hydrogen-bond donors (Lipinski definition) is 4. The van der Waals surface area contributed by atoms with Crippen molar-refractivity contribution in [2.24, 2.45) is 5.92 Å². The molecule has 116 valence electrons. The molecule has 1 saturated carbocycles. The molecule has 0 spiro atoms. The van der Waals surface area contributed by atoms with Crippen molar-refractivity contribution in [3.8, 4) is 0 Å². The molecule has 2 aliphatic carbocycles. The molecule has 2 amide bonds. The van der Waals surface area contributed by atoms with E-state index >= 15 is 0 Å². The summed E-state index contributed by atoms with van der Waals surface area (Å²) in [6.45, 7) is 0.159. The van der Waals surface area contributed by atoms with E-state index in [2.05, 4.69) is 20.8 Å². The van der Waals surface area contributed by atoms with E-state index in [0.717, 1.165) is 44.9 Å². The maximum Gasteiger partial charge on any atom is 0.315 e. The molecule has 1 fully saturated rings. The molecule has 0 bridgehead atoms. The number of carbonyl (C=O) groups is 1. The van der Waals surface area contributed by atoms with Crippen molar-refractivity contribution in [3.05, 3.63) is 17.5 Å². The Morgan fingerprint density at radius 2 is 2.19 bits per heavy atom. The van der Waals surface area contributed by atoms with Gasteiger partial charge in [-0.3, -0.25) is 5.10 Å². The second-order valence-corrected chi connectivity index (χ2v) is 6.26. The summed E-state index contributed by atoms with van der Waals surface area (Å²) >= 11 is 0. The molecule has 1 aromatic heterocycles. The maximum atomic E-state index is 12.2. The fraction of sp³-hybridized carbons (Fsp3) is 0.733. The number of H-pyrrole nitrogens is 1. The summed E-state index contributed by atoms with van der Waals surface area (Å²) in [5.41, 5.74) is 2.40. The van der Waals surface area contributed by atoms with Crippen LogP contribution in [0, 0.1) is 5.92 Å². The van der Waals surface area contributed by atoms with Crippen LogP contribution >= 0.6 is 0 Å². The highest BCUT2D eigenvalue weighted by Gasteiger charge is 2.27. The molecule has 3 rings (SSSR count). The third-order valence-electron chi connectivity index (χ3n) is 4.81. The number of aromatic amines is 1. The van der Waals surface area contributed by atoms with Crippen LogP contribution in [0.1, 0.15) is 43.4 Å². The normalized spacial score (nSPS) is 28.7. The lowest BCUT2D eigenvalue weighted by Gasteiger charge is -2.32. The van der Waals surface area contributed by atoms with Gasteiger partial charge in [0, 0.05) is 30.3 Å². The van der Waals surface area contributed by atoms with Gasteiger partial charge in [-0.1, -0.05) is 12.8 Å². The number of nitrogens with zero attached hydrogens (tertiary/aromatic N) is 1. The highest BCUT2D eigenvalue weighted by atomic mass is 16.3. The van der Waals surface area contributed by atoms with E-state index in [-0.39, 0.29) is 30.6 Å². The first-order valence-electron chi connectivity index (χ1n) is 7.95. The van der Waals surface area contributed by atoms with E-state index in [0.29, 0.717) is 0 Å². The zero-order chi connectivity index (χ0) is 14.7. The Bertz CT molecular complexity index is 488. The molecule has 2 aliphatic rings. The zero-order valence-corrected chi connectivity index (χ0v) is 12.3. The molecule has 3 atom stereocenters. The minimum Gasteiger partial charge on any atom is -0.396 e. The number of nitrogens with one attached hydrogen (secondary N) is 3. The van der Waals surface area contributed by atoms with Gasteiger partial charge in [-0.15, -0.1) is 0 Å². The third-order valence-corrected chi connectivity index (χ3v) is 4.81. The number of urea groups is 1. The summed E-state index contributed by atoms with van der Waals surface area (Å²) in [4.78, 5) is 12.2. The number of rotatable bonds is 3. The Kier molecular flexibility index (Phi) is 4.43. The van der Waals surface area contributed by atoms with Crippen LogP contribution < -0.4 is 10.6 Å². The van der Waals surface area contributed by atoms with Crippen LogP contribution in [-0.2, 0) is 12.8 Å². The molecule has 21 heavy (non-hydrogen) atoms. The van der Waals surface area contributed by atoms with Crippen LogP contribution in [0.25, 0.3) is 0 Å². The molecule has 1 aromatic rings. The van der Waals surface area contributed by atoms with Gasteiger partial charge in [-0.2, -0.15) is 5.10 Å². The molecule has 0 radical (unpaired) electrons. The average molecular weight is 292 g/mol. The quantitative estimate of drug-likeness (QED) is 0.673. The van der Waals surface area contributed by atoms with E-state index < -0.39 is 0 Å². The lowest BCUT2D eigenvalue weighted by Crippen LogP contribution is -2.51. The second-order valence-electron chi connectivity index (χ2n) is 6.26. The monoisotopic (exact) mass is 292 g/mol. The Morgan fingerprint density at radius 1 is 1.33 bits per heavy atom. The predicted octanol–water partition coefficient (Wildman–Crippen LogP) is 1.12. The standard InChI is InChI=1S/C15H24N4O2/c20-9-10-3-1-2-4-13(10)18-15(21)17-12-5-6-14-11(7-12)8-16-19-14/h8,10,12-13,20H,1-7,9H2,(H,16,19)(H2,17,18,21). The van der Waals surface area contributed by atoms with Gasteiger partial charge in [0.15, 0.2) is 0 Å². The van der Waals surface area contributed by atoms with Gasteiger partial charge in [0.2, 0.25) is 0 Å². The van der Waals surface area contributed by atoms with Gasteiger partial charge in [0.25, 0.3) is 0 Å². The van der Waals surface area contributed by atoms with Gasteiger partial charge in [-0.05, 0) is 37.7 Å². The first kappa shape index (κ1) is 14.4. The molecule has 0 aliphatic heterocycles. The van der Waals surface area contributed by atoms with Crippen LogP contribution in [0.15, 0.2) is 6.20 Å². The van der Waals surface area contributed by atoms with Gasteiger partial charge in [0.05, 0.1) is 6.20 Å². The SMILES string of the molecule is O=C(NC1CCc2[nH]ncc2C1)NC1CCCCC1CO. The number of amides is 2. The van der Waals surface area contributed by atoms with Crippen LogP contribution in [0.5, 0.6) is 0 Å². The minimum absolute atomic E-state index is 0.0997. The smallest absolute Gasteiger partial charge is 0.315 e. The van der Waals surface area contributed by atoms with E-state index in [1.54, 1.807) is 0 Å². The number of carbonyl (C=O) groups excluding carboxylic acids is 1. The Hall–Kier alpha value is -1.56. The first-order valence-corrected chi connectivity index (χ1v) is 7.95. The summed E-state index contributed by atoms with van der Waals surface area (Å²) in [7, 11) is 0. The third kappa shape index (κ3) is 3.37. The van der Waals surface area contributed by atoms with Crippen LogP contribution in [0.2, 0.25) is 0 Å². The fourth-order valence-corrected chi connectivity index (χ4v) is 3.55.